The molecule has 15 heteroatoms. The van der Waals surface area contributed by atoms with Crippen molar-refractivity contribution in [2.24, 2.45) is 10.2 Å². The summed E-state index contributed by atoms with van der Waals surface area (Å²) in [6, 6.07) is 6.83. The quantitative estimate of drug-likeness (QED) is 0.141. The molecule has 0 saturated carbocycles. The van der Waals surface area contributed by atoms with E-state index in [1.807, 2.05) is 0 Å². The predicted molar refractivity (Wildman–Crippen MR) is 97.5 cm³/mol. The van der Waals surface area contributed by atoms with Gasteiger partial charge in [0.25, 0.3) is 20.2 Å². The Labute approximate surface area is 221 Å². The van der Waals surface area contributed by atoms with Crippen LogP contribution < -0.4 is 75.1 Å². The predicted octanol–water partition coefficient (Wildman–Crippen LogP) is -4.51. The van der Waals surface area contributed by atoms with Crippen molar-refractivity contribution in [1.82, 2.24) is 0 Å². The van der Waals surface area contributed by atoms with Crippen LogP contribution in [-0.4, -0.2) is 25.9 Å². The van der Waals surface area contributed by atoms with Crippen LogP contribution in [0.3, 0.4) is 0 Å². The second kappa shape index (κ2) is 10.1. The van der Waals surface area contributed by atoms with Crippen molar-refractivity contribution in [3.05, 3.63) is 42.5 Å². The van der Waals surface area contributed by atoms with Gasteiger partial charge in [-0.3, -0.25) is 9.11 Å². The van der Waals surface area contributed by atoms with Gasteiger partial charge in [-0.1, -0.05) is 11.5 Å². The van der Waals surface area contributed by atoms with Gasteiger partial charge < -0.3 is 15.9 Å². The van der Waals surface area contributed by atoms with Crippen molar-refractivity contribution in [2.45, 2.75) is 9.79 Å². The van der Waals surface area contributed by atoms with E-state index in [1.165, 1.54) is 12.1 Å². The van der Waals surface area contributed by atoms with E-state index in [-0.39, 0.29) is 86.9 Å². The van der Waals surface area contributed by atoms with Crippen LogP contribution in [0.1, 0.15) is 0 Å². The number of benzene rings is 3. The maximum Gasteiger partial charge on any atom is 1.00 e. The molecule has 3 aromatic rings. The third-order valence-corrected chi connectivity index (χ3v) is 5.45. The molecule has 152 valence electrons. The van der Waals surface area contributed by atoms with E-state index in [9.17, 15) is 31.6 Å². The summed E-state index contributed by atoms with van der Waals surface area (Å²) in [6.45, 7) is 0. The number of hydrogen-bond donors (Lipinski definition) is 3. The fourth-order valence-corrected chi connectivity index (χ4v) is 3.57. The molecule has 0 atom stereocenters. The van der Waals surface area contributed by atoms with Gasteiger partial charge in [0.05, 0.1) is 21.2 Å². The number of fused-ring (bicyclic) bond motifs is 1. The van der Waals surface area contributed by atoms with E-state index in [0.717, 1.165) is 24.3 Å². The van der Waals surface area contributed by atoms with Gasteiger partial charge in [-0.2, -0.15) is 21.9 Å². The zero-order chi connectivity index (χ0) is 21.6. The summed E-state index contributed by atoms with van der Waals surface area (Å²) >= 11 is 0. The van der Waals surface area contributed by atoms with Gasteiger partial charge >= 0.3 is 59.1 Å². The molecule has 0 amide bonds. The minimum atomic E-state index is -4.77. The number of hydrogen-bond acceptors (Lipinski definition) is 9. The number of nitrogens with two attached hydrogens (primary N) is 1. The first kappa shape index (κ1) is 27.8. The number of rotatable bonds is 4. The Morgan fingerprint density at radius 2 is 1.26 bits per heavy atom. The minimum Gasteiger partial charge on any atom is -0.872 e. The van der Waals surface area contributed by atoms with E-state index < -0.39 is 41.5 Å². The summed E-state index contributed by atoms with van der Waals surface area (Å²) in [5.41, 5.74) is 5.15. The molecule has 4 N–H and O–H groups in total. The summed E-state index contributed by atoms with van der Waals surface area (Å²) in [7, 11) is -9.53. The number of nitrogens with zero attached hydrogens (tertiary/aromatic N) is 2. The first-order chi connectivity index (χ1) is 13.4. The zero-order valence-corrected chi connectivity index (χ0v) is 21.8. The molecule has 0 aliphatic carbocycles. The summed E-state index contributed by atoms with van der Waals surface area (Å²) in [6.07, 6.45) is 0. The Morgan fingerprint density at radius 3 is 1.77 bits per heavy atom. The first-order valence-electron chi connectivity index (χ1n) is 7.58. The second-order valence-electron chi connectivity index (χ2n) is 5.84. The Hall–Kier alpha value is -1.26. The van der Waals surface area contributed by atoms with Crippen LogP contribution in [0.4, 0.5) is 17.1 Å². The van der Waals surface area contributed by atoms with E-state index in [2.05, 4.69) is 10.2 Å². The van der Waals surface area contributed by atoms with Crippen LogP contribution in [0, 0.1) is 0 Å². The molecule has 0 bridgehead atoms. The fourth-order valence-electron chi connectivity index (χ4n) is 2.50. The molecule has 0 heterocycles. The molecule has 0 aliphatic rings. The van der Waals surface area contributed by atoms with Gasteiger partial charge in [0.15, 0.2) is 0 Å². The summed E-state index contributed by atoms with van der Waals surface area (Å²) < 4.78 is 64.2. The van der Waals surface area contributed by atoms with E-state index >= 15 is 0 Å². The summed E-state index contributed by atoms with van der Waals surface area (Å²) in [5.74, 6) is -1.49. The van der Waals surface area contributed by atoms with Crippen LogP contribution in [0.15, 0.2) is 62.5 Å². The van der Waals surface area contributed by atoms with Crippen LogP contribution >= 0.6 is 0 Å². The monoisotopic (exact) mass is 483 g/mol. The smallest absolute Gasteiger partial charge is 0.872 e. The van der Waals surface area contributed by atoms with Crippen molar-refractivity contribution < 1.29 is 95.3 Å². The molecule has 0 aliphatic heterocycles. The van der Waals surface area contributed by atoms with Crippen molar-refractivity contribution >= 4 is 48.1 Å². The third-order valence-electron chi connectivity index (χ3n) is 3.78. The molecule has 0 spiro atoms. The number of azo groups is 1. The Morgan fingerprint density at radius 1 is 0.742 bits per heavy atom. The van der Waals surface area contributed by atoms with Gasteiger partial charge in [-0.25, -0.2) is 0 Å². The fraction of sp³-hybridized carbons (Fsp3) is 0. The Bertz CT molecular complexity index is 1390. The third kappa shape index (κ3) is 6.38. The maximum absolute atomic E-state index is 12.4. The van der Waals surface area contributed by atoms with Gasteiger partial charge in [-0.05, 0) is 47.9 Å². The molecule has 31 heavy (non-hydrogen) atoms. The molecule has 3 rings (SSSR count). The van der Waals surface area contributed by atoms with Gasteiger partial charge in [-0.15, -0.1) is 5.11 Å². The molecule has 11 nitrogen and oxygen atoms in total. The average Bonchev–Trinajstić information content (AvgIpc) is 2.58. The summed E-state index contributed by atoms with van der Waals surface area (Å²) in [4.78, 5) is -1.48. The summed E-state index contributed by atoms with van der Waals surface area (Å²) in [5, 5.41) is 31.1. The van der Waals surface area contributed by atoms with E-state index in [0.29, 0.717) is 6.07 Å². The van der Waals surface area contributed by atoms with Crippen LogP contribution in [0.5, 0.6) is 11.5 Å². The Balaban J connectivity index is 0.00000240. The largest absolute Gasteiger partial charge is 1.00 e. The van der Waals surface area contributed by atoms with Crippen molar-refractivity contribution in [3.8, 4) is 11.5 Å². The molecule has 3 aromatic carbocycles. The minimum absolute atomic E-state index is 0. The van der Waals surface area contributed by atoms with Crippen LogP contribution in [0.25, 0.3) is 10.8 Å². The average molecular weight is 483 g/mol. The molecular formula is C16H11N3Na2O8S2. The zero-order valence-electron chi connectivity index (χ0n) is 16.2. The number of anilines is 1. The topological polar surface area (TPSA) is 206 Å². The normalized spacial score (nSPS) is 11.8. The molecule has 0 radical (unpaired) electrons. The van der Waals surface area contributed by atoms with Gasteiger partial charge in [0.1, 0.15) is 0 Å². The van der Waals surface area contributed by atoms with Crippen molar-refractivity contribution in [1.29, 1.82) is 0 Å². The van der Waals surface area contributed by atoms with Crippen molar-refractivity contribution in [2.75, 3.05) is 5.73 Å². The standard InChI is InChI=1S/C16H13N3O8S2.2Na/c17-9-1-2-12(14(20)5-9)18-19-13-6-10(28(22,23)24)3-8-4-11(29(25,26)27)7-15(21)16(8)13;;/h1-7,20-21H,17H2,(H,22,23,24)(H,25,26,27);;/q;2*+1/p-2. The van der Waals surface area contributed by atoms with E-state index in [4.69, 9.17) is 10.3 Å². The van der Waals surface area contributed by atoms with Gasteiger partial charge in [0.2, 0.25) is 0 Å². The molecule has 0 aromatic heterocycles. The number of nitrogen functional groups attached to an aromatic ring is 1. The molecule has 0 fully saturated rings. The Kier molecular flexibility index (Phi) is 9.07. The molecule has 0 unspecified atom stereocenters. The van der Waals surface area contributed by atoms with Gasteiger partial charge in [0, 0.05) is 11.1 Å². The first-order valence-corrected chi connectivity index (χ1v) is 10.5. The van der Waals surface area contributed by atoms with Crippen LogP contribution in [-0.2, 0) is 20.2 Å². The van der Waals surface area contributed by atoms with Crippen molar-refractivity contribution in [3.63, 3.8) is 0 Å². The maximum atomic E-state index is 12.4. The SMILES string of the molecule is Nc1ccc(N=Nc2cc(S(=O)(=O)O)cc3cc(S(=O)(=O)O)cc([O-])c23)c([O-])c1.[Na+].[Na+]. The second-order valence-corrected chi connectivity index (χ2v) is 8.68. The molecule has 0 saturated heterocycles. The van der Waals surface area contributed by atoms with E-state index in [1.54, 1.807) is 0 Å². The van der Waals surface area contributed by atoms with Crippen LogP contribution in [0.2, 0.25) is 0 Å². The molecular weight excluding hydrogens is 472 g/mol.